The third-order valence-corrected chi connectivity index (χ3v) is 7.12. The second-order valence-electron chi connectivity index (χ2n) is 8.98. The molecule has 0 aromatic heterocycles. The summed E-state index contributed by atoms with van der Waals surface area (Å²) in [5, 5.41) is 0. The number of amides is 2. The van der Waals surface area contributed by atoms with E-state index in [1.165, 1.54) is 0 Å². The number of fused-ring (bicyclic) bond motifs is 1. The van der Waals surface area contributed by atoms with Crippen LogP contribution in [0.3, 0.4) is 0 Å². The molecule has 0 radical (unpaired) electrons. The van der Waals surface area contributed by atoms with Gasteiger partial charge in [-0.1, -0.05) is 18.6 Å². The van der Waals surface area contributed by atoms with Gasteiger partial charge in [0.1, 0.15) is 5.78 Å². The number of imide groups is 1. The van der Waals surface area contributed by atoms with E-state index in [0.29, 0.717) is 43.2 Å². The fraction of sp³-hybridized carbons (Fsp3) is 0.583. The largest absolute Gasteiger partial charge is 0.466 e. The quantitative estimate of drug-likeness (QED) is 0.247. The van der Waals surface area contributed by atoms with E-state index in [2.05, 4.69) is 0 Å². The molecule has 1 aromatic rings. The molecule has 0 saturated heterocycles. The normalized spacial score (nSPS) is 22.2. The zero-order valence-corrected chi connectivity index (χ0v) is 20.4. The molecule has 9 nitrogen and oxygen atoms in total. The number of ketones is 1. The minimum Gasteiger partial charge on any atom is -0.466 e. The van der Waals surface area contributed by atoms with E-state index in [0.717, 1.165) is 11.2 Å². The van der Waals surface area contributed by atoms with E-state index in [1.807, 2.05) is 0 Å². The fourth-order valence-corrected chi connectivity index (χ4v) is 5.66. The van der Waals surface area contributed by atoms with E-state index in [-0.39, 0.29) is 50.0 Å². The molecule has 2 aliphatic rings. The van der Waals surface area contributed by atoms with Crippen molar-refractivity contribution in [1.29, 1.82) is 0 Å². The smallest absolute Gasteiger partial charge is 0.306 e. The molecule has 0 bridgehead atoms. The van der Waals surface area contributed by atoms with Crippen molar-refractivity contribution in [2.45, 2.75) is 64.4 Å². The molecule has 0 spiro atoms. The molecular weight excluding hydrogens is 462 g/mol. The molecule has 2 atom stereocenters. The van der Waals surface area contributed by atoms with E-state index in [9.17, 15) is 27.6 Å². The number of Topliss-reactive ketones (excluding diaryl/α,β-unsaturated/α-hetero) is 1. The summed E-state index contributed by atoms with van der Waals surface area (Å²) in [4.78, 5) is 50.9. The average Bonchev–Trinajstić information content (AvgIpc) is 3.25. The van der Waals surface area contributed by atoms with Gasteiger partial charge >= 0.3 is 5.97 Å². The molecule has 1 saturated carbocycles. The second kappa shape index (κ2) is 10.8. The highest BCUT2D eigenvalue weighted by Crippen LogP contribution is 2.47. The van der Waals surface area contributed by atoms with Crippen molar-refractivity contribution in [2.24, 2.45) is 5.41 Å². The highest BCUT2D eigenvalue weighted by atomic mass is 32.2. The highest BCUT2D eigenvalue weighted by Gasteiger charge is 2.47. The van der Waals surface area contributed by atoms with Crippen LogP contribution in [0, 0.1) is 5.41 Å². The first-order chi connectivity index (χ1) is 16.1. The molecule has 1 fully saturated rings. The van der Waals surface area contributed by atoms with Gasteiger partial charge in [0.05, 0.1) is 36.5 Å². The van der Waals surface area contributed by atoms with Crippen molar-refractivity contribution in [2.75, 3.05) is 19.4 Å². The van der Waals surface area contributed by atoms with Crippen LogP contribution in [0.25, 0.3) is 0 Å². The van der Waals surface area contributed by atoms with Gasteiger partial charge in [-0.05, 0) is 44.7 Å². The number of hydrogen-bond donors (Lipinski definition) is 0. The minimum absolute atomic E-state index is 0.0106. The maximum Gasteiger partial charge on any atom is 0.306 e. The van der Waals surface area contributed by atoms with Crippen LogP contribution < -0.4 is 0 Å². The standard InChI is InChI=1S/C24H31NO8S/c1-3-32-21(27)16-24(13-6-11-20(24)33-34(2,30)31)14-12-17(26)8-7-15-25-22(28)18-9-4-5-10-19(18)23(25)29/h4-5,9-10,20H,3,6-8,11-16H2,1-2H3/t20?,24-/m1/s1. The lowest BCUT2D eigenvalue weighted by atomic mass is 9.76. The van der Waals surface area contributed by atoms with E-state index in [1.54, 1.807) is 31.2 Å². The number of carbonyl (C=O) groups is 4. The Morgan fingerprint density at radius 1 is 1.12 bits per heavy atom. The van der Waals surface area contributed by atoms with E-state index >= 15 is 0 Å². The summed E-state index contributed by atoms with van der Waals surface area (Å²) >= 11 is 0. The van der Waals surface area contributed by atoms with Gasteiger partial charge in [-0.25, -0.2) is 0 Å². The molecule has 1 heterocycles. The van der Waals surface area contributed by atoms with Crippen LogP contribution in [0.5, 0.6) is 0 Å². The van der Waals surface area contributed by atoms with Crippen LogP contribution in [-0.4, -0.2) is 62.4 Å². The lowest BCUT2D eigenvalue weighted by Crippen LogP contribution is -2.37. The van der Waals surface area contributed by atoms with Crippen molar-refractivity contribution >= 4 is 33.7 Å². The fourth-order valence-electron chi connectivity index (χ4n) is 4.93. The lowest BCUT2D eigenvalue weighted by Gasteiger charge is -2.33. The van der Waals surface area contributed by atoms with Crippen LogP contribution in [0.1, 0.15) is 79.0 Å². The molecule has 2 amide bonds. The molecule has 34 heavy (non-hydrogen) atoms. The number of carbonyl (C=O) groups excluding carboxylic acids is 4. The third kappa shape index (κ3) is 6.09. The summed E-state index contributed by atoms with van der Waals surface area (Å²) in [6.45, 7) is 2.05. The Hall–Kier alpha value is -2.59. The molecular formula is C24H31NO8S. The summed E-state index contributed by atoms with van der Waals surface area (Å²) in [5.41, 5.74) is -0.0381. The zero-order chi connectivity index (χ0) is 24.9. The Kier molecular flexibility index (Phi) is 8.25. The first-order valence-corrected chi connectivity index (χ1v) is 13.4. The van der Waals surface area contributed by atoms with E-state index in [4.69, 9.17) is 8.92 Å². The highest BCUT2D eigenvalue weighted by molar-refractivity contribution is 7.86. The Morgan fingerprint density at radius 3 is 2.35 bits per heavy atom. The second-order valence-corrected chi connectivity index (χ2v) is 10.6. The Bertz CT molecular complexity index is 1030. The van der Waals surface area contributed by atoms with Crippen molar-refractivity contribution < 1.29 is 36.5 Å². The molecule has 1 aliphatic carbocycles. The van der Waals surface area contributed by atoms with Crippen LogP contribution in [0.4, 0.5) is 0 Å². The summed E-state index contributed by atoms with van der Waals surface area (Å²) in [6.07, 6.45) is 2.97. The van der Waals surface area contributed by atoms with Crippen molar-refractivity contribution in [3.05, 3.63) is 35.4 Å². The average molecular weight is 494 g/mol. The first-order valence-electron chi connectivity index (χ1n) is 11.6. The minimum atomic E-state index is -3.73. The predicted molar refractivity (Wildman–Crippen MR) is 123 cm³/mol. The maximum atomic E-state index is 12.6. The van der Waals surface area contributed by atoms with Crippen LogP contribution in [0.15, 0.2) is 24.3 Å². The van der Waals surface area contributed by atoms with Crippen molar-refractivity contribution in [3.63, 3.8) is 0 Å². The lowest BCUT2D eigenvalue weighted by molar-refractivity contribution is -0.148. The predicted octanol–water partition coefficient (Wildman–Crippen LogP) is 2.88. The summed E-state index contributed by atoms with van der Waals surface area (Å²) in [7, 11) is -3.73. The van der Waals surface area contributed by atoms with Gasteiger partial charge in [-0.15, -0.1) is 0 Å². The number of benzene rings is 1. The van der Waals surface area contributed by atoms with Crippen LogP contribution in [0.2, 0.25) is 0 Å². The van der Waals surface area contributed by atoms with Gasteiger partial charge in [0.25, 0.3) is 21.9 Å². The number of nitrogens with zero attached hydrogens (tertiary/aromatic N) is 1. The zero-order valence-electron chi connectivity index (χ0n) is 19.6. The molecule has 3 rings (SSSR count). The SMILES string of the molecule is CCOC(=O)C[C@]1(CCC(=O)CCCN2C(=O)c3ccccc3C2=O)CCCC1OS(C)(=O)=O. The first kappa shape index (κ1) is 26.0. The van der Waals surface area contributed by atoms with Crippen LogP contribution in [-0.2, 0) is 28.6 Å². The van der Waals surface area contributed by atoms with Crippen molar-refractivity contribution in [3.8, 4) is 0 Å². The van der Waals surface area contributed by atoms with Gasteiger partial charge in [-0.2, -0.15) is 8.42 Å². The van der Waals surface area contributed by atoms with Gasteiger partial charge in [0.15, 0.2) is 0 Å². The molecule has 10 heteroatoms. The van der Waals surface area contributed by atoms with E-state index < -0.39 is 27.6 Å². The monoisotopic (exact) mass is 493 g/mol. The van der Waals surface area contributed by atoms with Crippen molar-refractivity contribution in [1.82, 2.24) is 4.90 Å². The molecule has 1 aliphatic heterocycles. The molecule has 0 N–H and O–H groups in total. The summed E-state index contributed by atoms with van der Waals surface area (Å²) in [5.74, 6) is -1.23. The molecule has 1 aromatic carbocycles. The summed E-state index contributed by atoms with van der Waals surface area (Å²) < 4.78 is 33.9. The van der Waals surface area contributed by atoms with Crippen LogP contribution >= 0.6 is 0 Å². The number of ether oxygens (including phenoxy) is 1. The topological polar surface area (TPSA) is 124 Å². The number of rotatable bonds is 12. The molecule has 186 valence electrons. The summed E-state index contributed by atoms with van der Waals surface area (Å²) in [6, 6.07) is 6.63. The number of hydrogen-bond acceptors (Lipinski definition) is 8. The third-order valence-electron chi connectivity index (χ3n) is 6.53. The Balaban J connectivity index is 1.57. The maximum absolute atomic E-state index is 12.6. The Morgan fingerprint density at radius 2 is 1.76 bits per heavy atom. The van der Waals surface area contributed by atoms with Gasteiger partial charge in [0, 0.05) is 24.8 Å². The van der Waals surface area contributed by atoms with Gasteiger partial charge in [-0.3, -0.25) is 28.3 Å². The Labute approximate surface area is 199 Å². The van der Waals surface area contributed by atoms with Gasteiger partial charge < -0.3 is 4.74 Å². The molecule has 1 unspecified atom stereocenters. The van der Waals surface area contributed by atoms with Gasteiger partial charge in [0.2, 0.25) is 0 Å². The number of esters is 1.